The molecule has 0 bridgehead atoms. The number of hydrogen-bond acceptors (Lipinski definition) is 2. The van der Waals surface area contributed by atoms with Gasteiger partial charge in [0.1, 0.15) is 0 Å². The van der Waals surface area contributed by atoms with Crippen molar-refractivity contribution in [1.82, 2.24) is 9.55 Å². The van der Waals surface area contributed by atoms with Gasteiger partial charge in [-0.2, -0.15) is 0 Å². The molecule has 0 spiro atoms. The smallest absolute Gasteiger partial charge is 0.0877 e. The molecule has 2 aromatic rings. The molecule has 0 saturated carbocycles. The van der Waals surface area contributed by atoms with E-state index >= 15 is 0 Å². The maximum Gasteiger partial charge on any atom is 0.0877 e. The molecule has 0 saturated heterocycles. The molecule has 3 heteroatoms. The molecule has 80 valence electrons. The first-order valence-electron chi connectivity index (χ1n) is 5.10. The van der Waals surface area contributed by atoms with Crippen LogP contribution in [0.15, 0.2) is 24.3 Å². The predicted molar refractivity (Wildman–Crippen MR) is 58.6 cm³/mol. The van der Waals surface area contributed by atoms with Gasteiger partial charge in [0, 0.05) is 6.54 Å². The molecule has 0 atom stereocenters. The summed E-state index contributed by atoms with van der Waals surface area (Å²) in [4.78, 5) is 4.00. The molecule has 0 N–H and O–H groups in total. The van der Waals surface area contributed by atoms with Gasteiger partial charge in [-0.3, -0.25) is 0 Å². The number of benzene rings is 1. The van der Waals surface area contributed by atoms with Gasteiger partial charge in [0.25, 0.3) is 0 Å². The van der Waals surface area contributed by atoms with E-state index in [-0.39, 0.29) is 11.4 Å². The zero-order valence-corrected chi connectivity index (χ0v) is 9.32. The van der Waals surface area contributed by atoms with Gasteiger partial charge in [-0.15, -0.1) is 0 Å². The first-order valence-corrected chi connectivity index (χ1v) is 5.10. The average Bonchev–Trinajstić information content (AvgIpc) is 2.41. The molecule has 1 aromatic carbocycles. The fourth-order valence-electron chi connectivity index (χ4n) is 1.68. The van der Waals surface area contributed by atoms with E-state index in [4.69, 9.17) is 0 Å². The maximum atomic E-state index is 11.7. The highest BCUT2D eigenvalue weighted by molar-refractivity contribution is 5.76. The fraction of sp³-hybridized carbons (Fsp3) is 0.417. The van der Waals surface area contributed by atoms with E-state index in [1.807, 2.05) is 24.3 Å². The van der Waals surface area contributed by atoms with Crippen molar-refractivity contribution in [2.24, 2.45) is 5.41 Å². The van der Waals surface area contributed by atoms with E-state index < -0.39 is 0 Å². The topological polar surface area (TPSA) is 40.9 Å². The zero-order valence-electron chi connectivity index (χ0n) is 9.32. The van der Waals surface area contributed by atoms with Gasteiger partial charge in [0.15, 0.2) is 0 Å². The van der Waals surface area contributed by atoms with E-state index in [0.29, 0.717) is 6.54 Å². The standard InChI is InChI=1S/C12H16N2O/c1-12(2,3)8-14-10-7-5-4-6-9(10)13-11(14)15/h4-7H,8H2,1-3H3,(H,13,15)/p-1. The SMILES string of the molecule is CC(C)(C)Cn1c([O-])nc2ccccc21. The molecule has 0 aliphatic carbocycles. The van der Waals surface area contributed by atoms with Crippen LogP contribution in [0.1, 0.15) is 20.8 Å². The van der Waals surface area contributed by atoms with Gasteiger partial charge in [0.05, 0.1) is 17.0 Å². The number of rotatable bonds is 1. The Kier molecular flexibility index (Phi) is 2.18. The summed E-state index contributed by atoms with van der Waals surface area (Å²) in [6.45, 7) is 7.04. The van der Waals surface area contributed by atoms with Crippen molar-refractivity contribution in [2.75, 3.05) is 0 Å². The van der Waals surface area contributed by atoms with E-state index in [1.165, 1.54) is 0 Å². The molecular formula is C12H15N2O-. The highest BCUT2D eigenvalue weighted by atomic mass is 16.3. The summed E-state index contributed by atoms with van der Waals surface area (Å²) < 4.78 is 1.75. The third-order valence-corrected chi connectivity index (χ3v) is 2.25. The molecule has 0 radical (unpaired) electrons. The van der Waals surface area contributed by atoms with E-state index in [2.05, 4.69) is 25.8 Å². The van der Waals surface area contributed by atoms with Crippen LogP contribution in [-0.4, -0.2) is 9.55 Å². The minimum absolute atomic E-state index is 0.0859. The first kappa shape index (κ1) is 10.0. The molecule has 0 unspecified atom stereocenters. The first-order chi connectivity index (χ1) is 6.97. The minimum Gasteiger partial charge on any atom is -0.846 e. The van der Waals surface area contributed by atoms with Crippen molar-refractivity contribution >= 4 is 11.0 Å². The second-order valence-corrected chi connectivity index (χ2v) is 5.03. The van der Waals surface area contributed by atoms with Gasteiger partial charge in [0.2, 0.25) is 0 Å². The molecule has 0 aliphatic rings. The van der Waals surface area contributed by atoms with Crippen LogP contribution in [0, 0.1) is 5.41 Å². The normalized spacial score (nSPS) is 12.2. The van der Waals surface area contributed by atoms with Crippen LogP contribution in [0.4, 0.5) is 0 Å². The van der Waals surface area contributed by atoms with Crippen molar-refractivity contribution in [3.05, 3.63) is 24.3 Å². The monoisotopic (exact) mass is 203 g/mol. The molecule has 15 heavy (non-hydrogen) atoms. The van der Waals surface area contributed by atoms with Crippen molar-refractivity contribution in [3.8, 4) is 6.01 Å². The lowest BCUT2D eigenvalue weighted by atomic mass is 9.97. The molecule has 0 aliphatic heterocycles. The Balaban J connectivity index is 2.54. The number of imidazole rings is 1. The highest BCUT2D eigenvalue weighted by Gasteiger charge is 2.13. The van der Waals surface area contributed by atoms with Gasteiger partial charge in [-0.05, 0) is 17.5 Å². The van der Waals surface area contributed by atoms with Gasteiger partial charge in [-0.1, -0.05) is 32.9 Å². The van der Waals surface area contributed by atoms with Crippen molar-refractivity contribution in [1.29, 1.82) is 0 Å². The molecule has 0 fully saturated rings. The van der Waals surface area contributed by atoms with Crippen molar-refractivity contribution in [2.45, 2.75) is 27.3 Å². The van der Waals surface area contributed by atoms with Crippen molar-refractivity contribution < 1.29 is 5.11 Å². The largest absolute Gasteiger partial charge is 0.846 e. The number of fused-ring (bicyclic) bond motifs is 1. The Morgan fingerprint density at radius 3 is 2.60 bits per heavy atom. The summed E-state index contributed by atoms with van der Waals surface area (Å²) in [5.41, 5.74) is 1.80. The molecule has 3 nitrogen and oxygen atoms in total. The maximum absolute atomic E-state index is 11.7. The third-order valence-electron chi connectivity index (χ3n) is 2.25. The van der Waals surface area contributed by atoms with Gasteiger partial charge < -0.3 is 9.67 Å². The Hall–Kier alpha value is -1.51. The molecule has 1 aromatic heterocycles. The Labute approximate surface area is 89.4 Å². The van der Waals surface area contributed by atoms with Gasteiger partial charge in [-0.25, -0.2) is 4.98 Å². The second kappa shape index (κ2) is 3.26. The molecular weight excluding hydrogens is 188 g/mol. The van der Waals surface area contributed by atoms with Crippen LogP contribution in [0.5, 0.6) is 6.01 Å². The van der Waals surface area contributed by atoms with Crippen LogP contribution in [0.2, 0.25) is 0 Å². The van der Waals surface area contributed by atoms with E-state index in [9.17, 15) is 5.11 Å². The summed E-state index contributed by atoms with van der Waals surface area (Å²) >= 11 is 0. The molecule has 1 heterocycles. The number of aromatic nitrogens is 2. The lowest BCUT2D eigenvalue weighted by molar-refractivity contribution is -0.285. The second-order valence-electron chi connectivity index (χ2n) is 5.03. The highest BCUT2D eigenvalue weighted by Crippen LogP contribution is 2.24. The summed E-state index contributed by atoms with van der Waals surface area (Å²) in [5.74, 6) is 0. The van der Waals surface area contributed by atoms with E-state index in [0.717, 1.165) is 11.0 Å². The average molecular weight is 203 g/mol. The Bertz CT molecular complexity index is 480. The summed E-state index contributed by atoms with van der Waals surface area (Å²) in [6, 6.07) is 7.50. The number of nitrogens with zero attached hydrogens (tertiary/aromatic N) is 2. The summed E-state index contributed by atoms with van der Waals surface area (Å²) in [6.07, 6.45) is 0. The predicted octanol–water partition coefficient (Wildman–Crippen LogP) is 2.16. The zero-order chi connectivity index (χ0) is 11.1. The van der Waals surface area contributed by atoms with Crippen LogP contribution >= 0.6 is 0 Å². The van der Waals surface area contributed by atoms with Crippen LogP contribution in [0.3, 0.4) is 0 Å². The van der Waals surface area contributed by atoms with Crippen LogP contribution in [-0.2, 0) is 6.54 Å². The van der Waals surface area contributed by atoms with E-state index in [1.54, 1.807) is 4.57 Å². The lowest BCUT2D eigenvalue weighted by Crippen LogP contribution is -2.17. The Morgan fingerprint density at radius 1 is 1.27 bits per heavy atom. The van der Waals surface area contributed by atoms with Crippen LogP contribution in [0.25, 0.3) is 11.0 Å². The molecule has 2 rings (SSSR count). The Morgan fingerprint density at radius 2 is 1.93 bits per heavy atom. The fourth-order valence-corrected chi connectivity index (χ4v) is 1.68. The molecule has 0 amide bonds. The third kappa shape index (κ3) is 1.96. The number of para-hydroxylation sites is 2. The van der Waals surface area contributed by atoms with Crippen molar-refractivity contribution in [3.63, 3.8) is 0 Å². The minimum atomic E-state index is -0.147. The number of hydrogen-bond donors (Lipinski definition) is 0. The summed E-state index contributed by atoms with van der Waals surface area (Å²) in [7, 11) is 0. The quantitative estimate of drug-likeness (QED) is 0.712. The summed E-state index contributed by atoms with van der Waals surface area (Å²) in [5, 5.41) is 11.7. The van der Waals surface area contributed by atoms with Gasteiger partial charge >= 0.3 is 0 Å². The lowest BCUT2D eigenvalue weighted by Gasteiger charge is -2.22. The van der Waals surface area contributed by atoms with Crippen LogP contribution < -0.4 is 5.11 Å².